The monoisotopic (exact) mass is 230 g/mol. The predicted octanol–water partition coefficient (Wildman–Crippen LogP) is -2.22. The normalized spacial score (nSPS) is 11.7. The molecule has 16 heavy (non-hydrogen) atoms. The molecule has 0 saturated heterocycles. The Hall–Kier alpha value is -1.63. The van der Waals surface area contributed by atoms with E-state index in [0.29, 0.717) is 6.54 Å². The van der Waals surface area contributed by atoms with Crippen molar-refractivity contribution in [2.24, 2.45) is 11.5 Å². The molecule has 0 rings (SSSR count). The lowest BCUT2D eigenvalue weighted by molar-refractivity contribution is -0.132. The molecular weight excluding hydrogens is 212 g/mol. The van der Waals surface area contributed by atoms with Gasteiger partial charge in [-0.2, -0.15) is 0 Å². The molecule has 0 aliphatic heterocycles. The molecule has 7 heteroatoms. The number of hydrogen-bond donors (Lipinski definition) is 3. The van der Waals surface area contributed by atoms with Crippen LogP contribution in [-0.2, 0) is 14.4 Å². The van der Waals surface area contributed by atoms with Gasteiger partial charge in [-0.3, -0.25) is 14.4 Å². The van der Waals surface area contributed by atoms with Gasteiger partial charge in [0.25, 0.3) is 0 Å². The summed E-state index contributed by atoms with van der Waals surface area (Å²) in [4.78, 5) is 34.5. The molecule has 3 amide bonds. The minimum Gasteiger partial charge on any atom is -0.370 e. The first-order valence-corrected chi connectivity index (χ1v) is 4.94. The lowest BCUT2D eigenvalue weighted by atomic mass is 10.2. The summed E-state index contributed by atoms with van der Waals surface area (Å²) in [6.45, 7) is 2.25. The van der Waals surface area contributed by atoms with Crippen molar-refractivity contribution in [3.63, 3.8) is 0 Å². The zero-order chi connectivity index (χ0) is 12.7. The van der Waals surface area contributed by atoms with Gasteiger partial charge in [0.15, 0.2) is 0 Å². The van der Waals surface area contributed by atoms with Crippen molar-refractivity contribution in [1.29, 1.82) is 0 Å². The number of amides is 3. The highest BCUT2D eigenvalue weighted by Gasteiger charge is 2.17. The highest BCUT2D eigenvalue weighted by Crippen LogP contribution is 1.88. The summed E-state index contributed by atoms with van der Waals surface area (Å²) in [6, 6.07) is -1.00. The molecule has 92 valence electrons. The number of likely N-dealkylation sites (N-methyl/N-ethyl adjacent to an activating group) is 1. The molecule has 5 N–H and O–H groups in total. The van der Waals surface area contributed by atoms with Crippen molar-refractivity contribution in [2.45, 2.75) is 19.4 Å². The van der Waals surface area contributed by atoms with Gasteiger partial charge >= 0.3 is 0 Å². The average Bonchev–Trinajstić information content (AvgIpc) is 2.23. The summed E-state index contributed by atoms with van der Waals surface area (Å²) < 4.78 is 0. The van der Waals surface area contributed by atoms with Crippen LogP contribution in [0.4, 0.5) is 0 Å². The largest absolute Gasteiger partial charge is 0.370 e. The first-order valence-electron chi connectivity index (χ1n) is 4.94. The van der Waals surface area contributed by atoms with Crippen LogP contribution in [0.5, 0.6) is 0 Å². The molecule has 0 aliphatic rings. The van der Waals surface area contributed by atoms with E-state index in [1.54, 1.807) is 7.05 Å². The van der Waals surface area contributed by atoms with Crippen LogP contribution in [-0.4, -0.2) is 48.8 Å². The quantitative estimate of drug-likeness (QED) is 0.479. The standard InChI is InChI=1S/C9H18N4O3/c1-3-13(2)8(15)5-12-9(16)6(10)4-7(11)14/h6H,3-5,10H2,1-2H3,(H2,11,14)(H,12,16). The Balaban J connectivity index is 3.97. The maximum absolute atomic E-state index is 11.3. The fraction of sp³-hybridized carbons (Fsp3) is 0.667. The number of nitrogens with one attached hydrogen (secondary N) is 1. The molecule has 1 atom stereocenters. The number of primary amides is 1. The van der Waals surface area contributed by atoms with E-state index >= 15 is 0 Å². The SMILES string of the molecule is CCN(C)C(=O)CNC(=O)C(N)CC(N)=O. The van der Waals surface area contributed by atoms with E-state index in [1.165, 1.54) is 4.90 Å². The zero-order valence-electron chi connectivity index (χ0n) is 9.53. The number of nitrogens with zero attached hydrogens (tertiary/aromatic N) is 1. The van der Waals surface area contributed by atoms with Crippen LogP contribution in [0.1, 0.15) is 13.3 Å². The molecule has 0 aliphatic carbocycles. The van der Waals surface area contributed by atoms with E-state index in [4.69, 9.17) is 11.5 Å². The summed E-state index contributed by atoms with van der Waals surface area (Å²) in [5.74, 6) is -1.43. The van der Waals surface area contributed by atoms with Crippen molar-refractivity contribution in [3.05, 3.63) is 0 Å². The summed E-state index contributed by atoms with van der Waals surface area (Å²) in [5.41, 5.74) is 10.3. The van der Waals surface area contributed by atoms with Gasteiger partial charge < -0.3 is 21.7 Å². The Bertz CT molecular complexity index is 280. The Labute approximate surface area is 94.1 Å². The summed E-state index contributed by atoms with van der Waals surface area (Å²) in [7, 11) is 1.62. The number of carbonyl (C=O) groups is 3. The van der Waals surface area contributed by atoms with Crippen molar-refractivity contribution in [1.82, 2.24) is 10.2 Å². The Morgan fingerprint density at radius 2 is 1.94 bits per heavy atom. The molecule has 7 nitrogen and oxygen atoms in total. The molecule has 0 bridgehead atoms. The third-order valence-corrected chi connectivity index (χ3v) is 2.07. The molecule has 0 fully saturated rings. The lowest BCUT2D eigenvalue weighted by Gasteiger charge is -2.16. The van der Waals surface area contributed by atoms with E-state index in [9.17, 15) is 14.4 Å². The van der Waals surface area contributed by atoms with Gasteiger partial charge in [0.1, 0.15) is 0 Å². The topological polar surface area (TPSA) is 119 Å². The van der Waals surface area contributed by atoms with Gasteiger partial charge in [-0.25, -0.2) is 0 Å². The second-order valence-electron chi connectivity index (χ2n) is 3.40. The van der Waals surface area contributed by atoms with Crippen LogP contribution in [0.25, 0.3) is 0 Å². The molecule has 0 saturated carbocycles. The average molecular weight is 230 g/mol. The molecule has 1 unspecified atom stereocenters. The Morgan fingerprint density at radius 3 is 2.38 bits per heavy atom. The van der Waals surface area contributed by atoms with Crippen LogP contribution in [0, 0.1) is 0 Å². The maximum Gasteiger partial charge on any atom is 0.241 e. The van der Waals surface area contributed by atoms with Crippen molar-refractivity contribution in [2.75, 3.05) is 20.1 Å². The molecule has 0 aromatic rings. The van der Waals surface area contributed by atoms with Gasteiger partial charge in [0.05, 0.1) is 19.0 Å². The Kier molecular flexibility index (Phi) is 6.09. The van der Waals surface area contributed by atoms with E-state index in [0.717, 1.165) is 0 Å². The maximum atomic E-state index is 11.3. The van der Waals surface area contributed by atoms with E-state index in [2.05, 4.69) is 5.32 Å². The summed E-state index contributed by atoms with van der Waals surface area (Å²) in [5, 5.41) is 2.34. The van der Waals surface area contributed by atoms with Crippen LogP contribution in [0.2, 0.25) is 0 Å². The summed E-state index contributed by atoms with van der Waals surface area (Å²) in [6.07, 6.45) is -0.232. The highest BCUT2D eigenvalue weighted by atomic mass is 16.2. The second-order valence-corrected chi connectivity index (χ2v) is 3.40. The molecule has 0 aromatic carbocycles. The molecule has 0 radical (unpaired) electrons. The minimum atomic E-state index is -1.00. The van der Waals surface area contributed by atoms with Crippen molar-refractivity contribution >= 4 is 17.7 Å². The third-order valence-electron chi connectivity index (χ3n) is 2.07. The highest BCUT2D eigenvalue weighted by molar-refractivity contribution is 5.90. The first kappa shape index (κ1) is 14.4. The molecule has 0 spiro atoms. The fourth-order valence-electron chi connectivity index (χ4n) is 0.915. The van der Waals surface area contributed by atoms with Gasteiger partial charge in [-0.15, -0.1) is 0 Å². The molecule has 0 heterocycles. The van der Waals surface area contributed by atoms with Crippen LogP contribution in [0.15, 0.2) is 0 Å². The van der Waals surface area contributed by atoms with Crippen LogP contribution >= 0.6 is 0 Å². The first-order chi connectivity index (χ1) is 7.38. The van der Waals surface area contributed by atoms with Gasteiger partial charge in [-0.05, 0) is 6.92 Å². The lowest BCUT2D eigenvalue weighted by Crippen LogP contribution is -2.46. The number of hydrogen-bond acceptors (Lipinski definition) is 4. The van der Waals surface area contributed by atoms with Crippen molar-refractivity contribution < 1.29 is 14.4 Å². The van der Waals surface area contributed by atoms with E-state index in [-0.39, 0.29) is 18.9 Å². The van der Waals surface area contributed by atoms with E-state index in [1.807, 2.05) is 6.92 Å². The Morgan fingerprint density at radius 1 is 1.38 bits per heavy atom. The van der Waals surface area contributed by atoms with E-state index < -0.39 is 17.9 Å². The number of carbonyl (C=O) groups excluding carboxylic acids is 3. The summed E-state index contributed by atoms with van der Waals surface area (Å²) >= 11 is 0. The molecular formula is C9H18N4O3. The smallest absolute Gasteiger partial charge is 0.241 e. The van der Waals surface area contributed by atoms with Crippen LogP contribution < -0.4 is 16.8 Å². The predicted molar refractivity (Wildman–Crippen MR) is 58.1 cm³/mol. The minimum absolute atomic E-state index is 0.129. The van der Waals surface area contributed by atoms with Crippen LogP contribution in [0.3, 0.4) is 0 Å². The van der Waals surface area contributed by atoms with Crippen molar-refractivity contribution in [3.8, 4) is 0 Å². The zero-order valence-corrected chi connectivity index (χ0v) is 9.53. The van der Waals surface area contributed by atoms with Gasteiger partial charge in [0.2, 0.25) is 17.7 Å². The third kappa shape index (κ3) is 5.30. The second kappa shape index (κ2) is 6.78. The van der Waals surface area contributed by atoms with Gasteiger partial charge in [0, 0.05) is 13.6 Å². The number of rotatable bonds is 6. The fourth-order valence-corrected chi connectivity index (χ4v) is 0.915. The van der Waals surface area contributed by atoms with Gasteiger partial charge in [-0.1, -0.05) is 0 Å². The molecule has 0 aromatic heterocycles. The number of nitrogens with two attached hydrogens (primary N) is 2.